The molecule has 0 aliphatic heterocycles. The summed E-state index contributed by atoms with van der Waals surface area (Å²) in [5.41, 5.74) is 0. The monoisotopic (exact) mass is 270 g/mol. The van der Waals surface area contributed by atoms with Crippen LogP contribution in [0.5, 0.6) is 0 Å². The van der Waals surface area contributed by atoms with Gasteiger partial charge in [-0.3, -0.25) is 9.36 Å². The van der Waals surface area contributed by atoms with Crippen LogP contribution in [0, 0.1) is 23.0 Å². The molecular formula is C11H18N4O4. The molecule has 1 unspecified atom stereocenters. The minimum Gasteiger partial charge on any atom is -0.481 e. The van der Waals surface area contributed by atoms with Gasteiger partial charge in [0.2, 0.25) is 11.6 Å². The molecule has 19 heavy (non-hydrogen) atoms. The molecule has 1 N–H and O–H groups in total. The highest BCUT2D eigenvalue weighted by Gasteiger charge is 2.29. The zero-order valence-electron chi connectivity index (χ0n) is 11.5. The zero-order valence-corrected chi connectivity index (χ0v) is 11.5. The molecule has 0 amide bonds. The Balaban J connectivity index is 3.17. The van der Waals surface area contributed by atoms with E-state index in [-0.39, 0.29) is 12.4 Å². The van der Waals surface area contributed by atoms with E-state index >= 15 is 0 Å². The third-order valence-electron chi connectivity index (χ3n) is 3.04. The Morgan fingerprint density at radius 1 is 1.63 bits per heavy atom. The molecule has 0 aliphatic rings. The first kappa shape index (κ1) is 14.9. The second kappa shape index (κ2) is 5.68. The number of carboxylic acids is 1. The van der Waals surface area contributed by atoms with Crippen LogP contribution in [0.4, 0.5) is 11.6 Å². The van der Waals surface area contributed by atoms with Crippen LogP contribution >= 0.6 is 0 Å². The highest BCUT2D eigenvalue weighted by Crippen LogP contribution is 2.28. The van der Waals surface area contributed by atoms with Crippen molar-refractivity contribution < 1.29 is 14.8 Å². The molecule has 0 fully saturated rings. The fourth-order valence-corrected chi connectivity index (χ4v) is 1.83. The predicted octanol–water partition coefficient (Wildman–Crippen LogP) is 1.18. The van der Waals surface area contributed by atoms with Gasteiger partial charge in [0.15, 0.2) is 0 Å². The first-order valence-electron chi connectivity index (χ1n) is 5.95. The molecule has 106 valence electrons. The van der Waals surface area contributed by atoms with Crippen LogP contribution in [0.15, 0.2) is 0 Å². The van der Waals surface area contributed by atoms with E-state index in [2.05, 4.69) is 4.98 Å². The third-order valence-corrected chi connectivity index (χ3v) is 3.04. The van der Waals surface area contributed by atoms with Crippen LogP contribution in [-0.2, 0) is 11.8 Å². The van der Waals surface area contributed by atoms with E-state index in [0.717, 1.165) is 0 Å². The van der Waals surface area contributed by atoms with E-state index < -0.39 is 16.8 Å². The van der Waals surface area contributed by atoms with Crippen molar-refractivity contribution in [2.24, 2.45) is 13.0 Å². The Hall–Kier alpha value is -2.12. The SMILES string of the molecule is CCN(CC(C)C(=O)O)c1c([N+](=O)[O-])nc(C)n1C. The van der Waals surface area contributed by atoms with E-state index in [9.17, 15) is 14.9 Å². The molecule has 0 spiro atoms. The molecule has 1 rings (SSSR count). The Morgan fingerprint density at radius 2 is 2.21 bits per heavy atom. The lowest BCUT2D eigenvalue weighted by molar-refractivity contribution is -0.388. The van der Waals surface area contributed by atoms with Crippen LogP contribution in [0.2, 0.25) is 0 Å². The number of anilines is 1. The quantitative estimate of drug-likeness (QED) is 0.615. The number of rotatable bonds is 6. The number of aryl methyl sites for hydroxylation is 1. The lowest BCUT2D eigenvalue weighted by Gasteiger charge is -2.24. The normalized spacial score (nSPS) is 12.2. The van der Waals surface area contributed by atoms with E-state index in [1.165, 1.54) is 0 Å². The van der Waals surface area contributed by atoms with Crippen molar-refractivity contribution in [3.63, 3.8) is 0 Å². The molecule has 0 aliphatic carbocycles. The topological polar surface area (TPSA) is 102 Å². The maximum Gasteiger partial charge on any atom is 0.406 e. The van der Waals surface area contributed by atoms with Gasteiger partial charge >= 0.3 is 11.8 Å². The average molecular weight is 270 g/mol. The van der Waals surface area contributed by atoms with Crippen molar-refractivity contribution in [1.29, 1.82) is 0 Å². The summed E-state index contributed by atoms with van der Waals surface area (Å²) in [6.45, 7) is 5.73. The number of aromatic nitrogens is 2. The molecule has 1 aromatic rings. The minimum absolute atomic E-state index is 0.200. The van der Waals surface area contributed by atoms with Crippen LogP contribution < -0.4 is 4.90 Å². The van der Waals surface area contributed by atoms with Gasteiger partial charge in [-0.2, -0.15) is 0 Å². The smallest absolute Gasteiger partial charge is 0.406 e. The molecule has 8 nitrogen and oxygen atoms in total. The van der Waals surface area contributed by atoms with Crippen LogP contribution in [0.25, 0.3) is 0 Å². The van der Waals surface area contributed by atoms with Gasteiger partial charge in [-0.1, -0.05) is 6.92 Å². The molecule has 0 radical (unpaired) electrons. The summed E-state index contributed by atoms with van der Waals surface area (Å²) in [6, 6.07) is 0. The van der Waals surface area contributed by atoms with Crippen molar-refractivity contribution in [3.05, 3.63) is 15.9 Å². The van der Waals surface area contributed by atoms with Gasteiger partial charge in [0, 0.05) is 27.1 Å². The lowest BCUT2D eigenvalue weighted by Crippen LogP contribution is -2.33. The number of imidazole rings is 1. The second-order valence-corrected chi connectivity index (χ2v) is 4.40. The van der Waals surface area contributed by atoms with Gasteiger partial charge in [-0.15, -0.1) is 0 Å². The van der Waals surface area contributed by atoms with E-state index in [4.69, 9.17) is 5.11 Å². The number of carboxylic acid groups (broad SMARTS) is 1. The number of nitrogens with zero attached hydrogens (tertiary/aromatic N) is 4. The molecule has 1 aromatic heterocycles. The van der Waals surface area contributed by atoms with Gasteiger partial charge < -0.3 is 20.1 Å². The van der Waals surface area contributed by atoms with Crippen molar-refractivity contribution in [1.82, 2.24) is 9.55 Å². The summed E-state index contributed by atoms with van der Waals surface area (Å²) in [6.07, 6.45) is 0. The zero-order chi connectivity index (χ0) is 14.7. The van der Waals surface area contributed by atoms with Crippen molar-refractivity contribution >= 4 is 17.6 Å². The Labute approximate surface area is 110 Å². The largest absolute Gasteiger partial charge is 0.481 e. The van der Waals surface area contributed by atoms with Crippen molar-refractivity contribution in [2.45, 2.75) is 20.8 Å². The number of nitro groups is 1. The molecule has 8 heteroatoms. The Morgan fingerprint density at radius 3 is 2.63 bits per heavy atom. The fourth-order valence-electron chi connectivity index (χ4n) is 1.83. The summed E-state index contributed by atoms with van der Waals surface area (Å²) < 4.78 is 1.61. The van der Waals surface area contributed by atoms with Crippen molar-refractivity contribution in [3.8, 4) is 0 Å². The minimum atomic E-state index is -0.931. The van der Waals surface area contributed by atoms with Gasteiger partial charge in [-0.05, 0) is 16.8 Å². The first-order valence-corrected chi connectivity index (χ1v) is 5.95. The van der Waals surface area contributed by atoms with Crippen molar-refractivity contribution in [2.75, 3.05) is 18.0 Å². The molecule has 0 saturated heterocycles. The second-order valence-electron chi connectivity index (χ2n) is 4.40. The van der Waals surface area contributed by atoms with Gasteiger partial charge in [0.25, 0.3) is 0 Å². The Kier molecular flexibility index (Phi) is 4.47. The van der Waals surface area contributed by atoms with E-state index in [1.807, 2.05) is 6.92 Å². The predicted molar refractivity (Wildman–Crippen MR) is 69.3 cm³/mol. The maximum atomic E-state index is 11.0. The standard InChI is InChI=1S/C11H18N4O4/c1-5-14(6-7(2)11(16)17)10-9(15(18)19)12-8(3)13(10)4/h7H,5-6H2,1-4H3,(H,16,17). The van der Waals surface area contributed by atoms with E-state index in [0.29, 0.717) is 18.2 Å². The third kappa shape index (κ3) is 3.01. The highest BCUT2D eigenvalue weighted by atomic mass is 16.6. The molecule has 1 heterocycles. The molecule has 0 saturated carbocycles. The average Bonchev–Trinajstić information content (AvgIpc) is 2.63. The number of hydrogen-bond acceptors (Lipinski definition) is 5. The molecule has 0 aromatic carbocycles. The first-order chi connectivity index (χ1) is 8.79. The Bertz CT molecular complexity index is 497. The van der Waals surface area contributed by atoms with Gasteiger partial charge in [0.05, 0.1) is 5.92 Å². The van der Waals surface area contributed by atoms with Gasteiger partial charge in [-0.25, -0.2) is 0 Å². The summed E-state index contributed by atoms with van der Waals surface area (Å²) in [5.74, 6) is -0.921. The van der Waals surface area contributed by atoms with Gasteiger partial charge in [0.1, 0.15) is 0 Å². The van der Waals surface area contributed by atoms with Crippen LogP contribution in [-0.4, -0.2) is 38.6 Å². The summed E-state index contributed by atoms with van der Waals surface area (Å²) >= 11 is 0. The fraction of sp³-hybridized carbons (Fsp3) is 0.636. The number of aliphatic carboxylic acids is 1. The lowest BCUT2D eigenvalue weighted by atomic mass is 10.1. The molecule has 1 atom stereocenters. The summed E-state index contributed by atoms with van der Waals surface area (Å²) in [5, 5.41) is 20.0. The summed E-state index contributed by atoms with van der Waals surface area (Å²) in [7, 11) is 1.68. The summed E-state index contributed by atoms with van der Waals surface area (Å²) in [4.78, 5) is 26.9. The maximum absolute atomic E-state index is 11.0. The number of carbonyl (C=O) groups is 1. The van der Waals surface area contributed by atoms with E-state index in [1.54, 1.807) is 30.4 Å². The molecule has 0 bridgehead atoms. The highest BCUT2D eigenvalue weighted by molar-refractivity contribution is 5.70. The molecular weight excluding hydrogens is 252 g/mol. The van der Waals surface area contributed by atoms with Crippen LogP contribution in [0.3, 0.4) is 0 Å². The number of hydrogen-bond donors (Lipinski definition) is 1. The van der Waals surface area contributed by atoms with Crippen LogP contribution in [0.1, 0.15) is 19.7 Å².